The molecule has 0 saturated heterocycles. The van der Waals surface area contributed by atoms with Gasteiger partial charge in [-0.15, -0.1) is 0 Å². The number of hydrogen-bond donors (Lipinski definition) is 0. The molecule has 1 rings (SSSR count). The topological polar surface area (TPSA) is 139 Å². The second kappa shape index (κ2) is 7.08. The lowest BCUT2D eigenvalue weighted by molar-refractivity contribution is -0.423. The minimum Gasteiger partial charge on any atom is -0.383 e. The summed E-state index contributed by atoms with van der Waals surface area (Å²) in [5.74, 6) is -4.34. The van der Waals surface area contributed by atoms with Crippen molar-refractivity contribution >= 4 is 55.8 Å². The zero-order valence-electron chi connectivity index (χ0n) is 9.73. The van der Waals surface area contributed by atoms with E-state index in [1.54, 1.807) is 0 Å². The van der Waals surface area contributed by atoms with Crippen molar-refractivity contribution in [2.75, 3.05) is 0 Å². The zero-order valence-corrected chi connectivity index (χ0v) is 12.9. The average Bonchev–Trinajstić information content (AvgIpc) is 2.46. The fraction of sp³-hybridized carbons (Fsp3) is 0.111. The number of nitro groups is 2. The Balaban J connectivity index is 3.62. The van der Waals surface area contributed by atoms with Gasteiger partial charge < -0.3 is 7.66 Å². The van der Waals surface area contributed by atoms with Crippen LogP contribution in [0.4, 0.5) is 11.4 Å². The zero-order chi connectivity index (χ0) is 16.2. The summed E-state index contributed by atoms with van der Waals surface area (Å²) in [5.41, 5.74) is -2.39. The Morgan fingerprint density at radius 1 is 1.05 bits per heavy atom. The van der Waals surface area contributed by atoms with E-state index in [0.717, 1.165) is 18.2 Å². The number of para-hydroxylation sites is 1. The first kappa shape index (κ1) is 17.0. The molecule has 0 fully saturated rings. The smallest absolute Gasteiger partial charge is 0.350 e. The highest BCUT2D eigenvalue weighted by Crippen LogP contribution is 2.36. The molecule has 21 heavy (non-hydrogen) atoms. The van der Waals surface area contributed by atoms with E-state index < -0.39 is 44.6 Å². The Morgan fingerprint density at radius 2 is 1.57 bits per heavy atom. The molecule has 12 heteroatoms. The first-order valence-corrected chi connectivity index (χ1v) is 6.21. The number of carbonyl (C=O) groups excluding carboxylic acids is 2. The maximum atomic E-state index is 11.6. The van der Waals surface area contributed by atoms with E-state index in [4.69, 9.17) is 0 Å². The van der Waals surface area contributed by atoms with Crippen molar-refractivity contribution in [1.29, 1.82) is 0 Å². The van der Waals surface area contributed by atoms with Crippen LogP contribution in [0.25, 0.3) is 0 Å². The minimum atomic E-state index is -1.87. The van der Waals surface area contributed by atoms with Crippen LogP contribution in [0, 0.1) is 20.2 Å². The molecule has 0 aliphatic rings. The molecule has 10 nitrogen and oxygen atoms in total. The average molecular weight is 428 g/mol. The second-order valence-electron chi connectivity index (χ2n) is 3.45. The predicted molar refractivity (Wildman–Crippen MR) is 72.5 cm³/mol. The van der Waals surface area contributed by atoms with Gasteiger partial charge in [0.1, 0.15) is 0 Å². The van der Waals surface area contributed by atoms with E-state index in [1.807, 2.05) is 0 Å². The fourth-order valence-corrected chi connectivity index (χ4v) is 1.94. The van der Waals surface area contributed by atoms with Crippen molar-refractivity contribution in [3.05, 3.63) is 44.0 Å². The van der Waals surface area contributed by atoms with E-state index in [1.165, 1.54) is 0 Å². The number of rotatable bonds is 5. The van der Waals surface area contributed by atoms with Crippen LogP contribution in [0.3, 0.4) is 0 Å². The van der Waals surface area contributed by atoms with Crippen molar-refractivity contribution in [2.45, 2.75) is 5.92 Å². The standard InChI is InChI=1S/C9H4Br2N2O8/c10-20-8(14)6(9(15)21-11)4-2-1-3-5(12(16)17)7(4)13(18)19/h1-3,6H. The number of halogens is 2. The second-order valence-corrected chi connectivity index (χ2v) is 4.10. The summed E-state index contributed by atoms with van der Waals surface area (Å²) in [6.45, 7) is 0. The molecule has 0 unspecified atom stereocenters. The van der Waals surface area contributed by atoms with Crippen molar-refractivity contribution in [3.8, 4) is 0 Å². The van der Waals surface area contributed by atoms with Crippen molar-refractivity contribution in [2.24, 2.45) is 0 Å². The highest BCUT2D eigenvalue weighted by atomic mass is 79.9. The van der Waals surface area contributed by atoms with Gasteiger partial charge in [-0.25, -0.2) is 9.59 Å². The Bertz CT molecular complexity index is 604. The lowest BCUT2D eigenvalue weighted by Gasteiger charge is -2.10. The molecule has 1 aromatic rings. The molecular weight excluding hydrogens is 424 g/mol. The van der Waals surface area contributed by atoms with Crippen LogP contribution in [-0.2, 0) is 17.2 Å². The molecule has 112 valence electrons. The summed E-state index contributed by atoms with van der Waals surface area (Å²) in [7, 11) is 0. The first-order chi connectivity index (χ1) is 9.84. The maximum Gasteiger partial charge on any atom is 0.350 e. The number of carbonyl (C=O) groups is 2. The summed E-state index contributed by atoms with van der Waals surface area (Å²) < 4.78 is 8.37. The molecule has 0 bridgehead atoms. The molecule has 0 heterocycles. The summed E-state index contributed by atoms with van der Waals surface area (Å²) in [6, 6.07) is 2.98. The van der Waals surface area contributed by atoms with Crippen molar-refractivity contribution in [3.63, 3.8) is 0 Å². The van der Waals surface area contributed by atoms with Gasteiger partial charge in [-0.3, -0.25) is 20.2 Å². The first-order valence-electron chi connectivity index (χ1n) is 4.91. The summed E-state index contributed by atoms with van der Waals surface area (Å²) in [4.78, 5) is 43.0. The SMILES string of the molecule is O=C(OBr)C(C(=O)OBr)c1cccc([N+](=O)[O-])c1[N+](=O)[O-]. The minimum absolute atomic E-state index is 0.525. The monoisotopic (exact) mass is 426 g/mol. The fourth-order valence-electron chi connectivity index (χ4n) is 1.57. The van der Waals surface area contributed by atoms with E-state index >= 15 is 0 Å². The summed E-state index contributed by atoms with van der Waals surface area (Å²) >= 11 is 4.69. The number of hydrogen-bond acceptors (Lipinski definition) is 8. The summed E-state index contributed by atoms with van der Waals surface area (Å²) in [6.07, 6.45) is 0. The Morgan fingerprint density at radius 3 is 1.95 bits per heavy atom. The number of nitrogens with zero attached hydrogens (tertiary/aromatic N) is 2. The van der Waals surface area contributed by atoms with Gasteiger partial charge in [0.25, 0.3) is 0 Å². The molecule has 1 aromatic carbocycles. The van der Waals surface area contributed by atoms with Gasteiger partial charge in [0.15, 0.2) is 38.4 Å². The number of nitro benzene ring substituents is 2. The third kappa shape index (κ3) is 3.52. The largest absolute Gasteiger partial charge is 0.383 e. The third-order valence-corrected chi connectivity index (χ3v) is 3.00. The van der Waals surface area contributed by atoms with Gasteiger partial charge in [0.2, 0.25) is 0 Å². The van der Waals surface area contributed by atoms with Crippen LogP contribution in [0.2, 0.25) is 0 Å². The molecular formula is C9H4Br2N2O8. The van der Waals surface area contributed by atoms with Gasteiger partial charge >= 0.3 is 23.3 Å². The van der Waals surface area contributed by atoms with Crippen LogP contribution < -0.4 is 0 Å². The van der Waals surface area contributed by atoms with E-state index in [-0.39, 0.29) is 0 Å². The van der Waals surface area contributed by atoms with E-state index in [0.29, 0.717) is 0 Å². The Hall–Kier alpha value is -2.08. The maximum absolute atomic E-state index is 11.6. The molecule has 0 radical (unpaired) electrons. The third-order valence-electron chi connectivity index (χ3n) is 2.36. The lowest BCUT2D eigenvalue weighted by Crippen LogP contribution is -2.23. The van der Waals surface area contributed by atoms with Crippen molar-refractivity contribution in [1.82, 2.24) is 0 Å². The Kier molecular flexibility index (Phi) is 5.72. The van der Waals surface area contributed by atoms with Gasteiger partial charge in [0.05, 0.1) is 15.4 Å². The van der Waals surface area contributed by atoms with Crippen LogP contribution in [-0.4, -0.2) is 21.8 Å². The Labute approximate surface area is 133 Å². The highest BCUT2D eigenvalue weighted by Gasteiger charge is 2.41. The van der Waals surface area contributed by atoms with Gasteiger partial charge in [0, 0.05) is 6.07 Å². The van der Waals surface area contributed by atoms with E-state index in [2.05, 4.69) is 40.2 Å². The van der Waals surface area contributed by atoms with Crippen LogP contribution >= 0.6 is 32.5 Å². The summed E-state index contributed by atoms with van der Waals surface area (Å²) in [5, 5.41) is 21.9. The quantitative estimate of drug-likeness (QED) is 0.396. The normalized spacial score (nSPS) is 10.0. The lowest BCUT2D eigenvalue weighted by atomic mass is 9.97. The molecule has 0 aromatic heterocycles. The molecule has 0 aliphatic heterocycles. The van der Waals surface area contributed by atoms with Gasteiger partial charge in [-0.2, -0.15) is 0 Å². The molecule has 0 amide bonds. The molecule has 0 spiro atoms. The highest BCUT2D eigenvalue weighted by molar-refractivity contribution is 9.06. The number of benzene rings is 1. The van der Waals surface area contributed by atoms with Crippen LogP contribution in [0.15, 0.2) is 18.2 Å². The molecule has 0 aliphatic carbocycles. The molecule has 0 atom stereocenters. The predicted octanol–water partition coefficient (Wildman–Crippen LogP) is 2.29. The van der Waals surface area contributed by atoms with Gasteiger partial charge in [-0.1, -0.05) is 12.1 Å². The van der Waals surface area contributed by atoms with E-state index in [9.17, 15) is 29.8 Å². The van der Waals surface area contributed by atoms with Crippen LogP contribution in [0.5, 0.6) is 0 Å². The van der Waals surface area contributed by atoms with Gasteiger partial charge in [-0.05, 0) is 0 Å². The van der Waals surface area contributed by atoms with Crippen LogP contribution in [0.1, 0.15) is 11.5 Å². The molecule has 0 saturated carbocycles. The van der Waals surface area contributed by atoms with Crippen molar-refractivity contribution < 1.29 is 27.1 Å². The molecule has 0 N–H and O–H groups in total.